The van der Waals surface area contributed by atoms with Gasteiger partial charge in [-0.05, 0) is 20.3 Å². The summed E-state index contributed by atoms with van der Waals surface area (Å²) in [5.74, 6) is -1.42. The van der Waals surface area contributed by atoms with Crippen molar-refractivity contribution >= 4 is 11.8 Å². The van der Waals surface area contributed by atoms with Crippen molar-refractivity contribution < 1.29 is 14.3 Å². The van der Waals surface area contributed by atoms with Crippen LogP contribution in [-0.2, 0) is 11.2 Å². The summed E-state index contributed by atoms with van der Waals surface area (Å²) in [6.45, 7) is 5.00. The third-order valence-corrected chi connectivity index (χ3v) is 2.47. The largest absolute Gasteiger partial charge is 0.481 e. The Hall–Kier alpha value is -1.72. The molecular formula is C11H16FN3O2. The fraction of sp³-hybridized carbons (Fsp3) is 0.545. The first-order valence-electron chi connectivity index (χ1n) is 5.35. The van der Waals surface area contributed by atoms with Crippen molar-refractivity contribution in [1.29, 1.82) is 0 Å². The topological polar surface area (TPSA) is 75.1 Å². The first kappa shape index (κ1) is 13.3. The molecule has 0 fully saturated rings. The number of carboxylic acid groups (broad SMARTS) is 1. The van der Waals surface area contributed by atoms with Crippen LogP contribution in [0.1, 0.15) is 26.5 Å². The van der Waals surface area contributed by atoms with E-state index in [2.05, 4.69) is 15.3 Å². The molecule has 5 nitrogen and oxygen atoms in total. The molecule has 0 amide bonds. The zero-order valence-electron chi connectivity index (χ0n) is 10.1. The summed E-state index contributed by atoms with van der Waals surface area (Å²) in [5, 5.41) is 11.6. The van der Waals surface area contributed by atoms with E-state index in [1.807, 2.05) is 0 Å². The van der Waals surface area contributed by atoms with Crippen LogP contribution in [-0.4, -0.2) is 27.6 Å². The van der Waals surface area contributed by atoms with E-state index in [0.29, 0.717) is 12.1 Å². The molecule has 0 radical (unpaired) electrons. The summed E-state index contributed by atoms with van der Waals surface area (Å²) >= 11 is 0. The van der Waals surface area contributed by atoms with Gasteiger partial charge in [0, 0.05) is 6.54 Å². The van der Waals surface area contributed by atoms with Crippen LogP contribution >= 0.6 is 0 Å². The lowest BCUT2D eigenvalue weighted by atomic mass is 9.94. The number of aromatic nitrogens is 2. The average molecular weight is 241 g/mol. The van der Waals surface area contributed by atoms with E-state index in [-0.39, 0.29) is 12.4 Å². The number of nitrogens with one attached hydrogen (secondary N) is 1. The lowest BCUT2D eigenvalue weighted by Gasteiger charge is -2.20. The van der Waals surface area contributed by atoms with Crippen molar-refractivity contribution in [3.63, 3.8) is 0 Å². The number of carbonyl (C=O) groups is 1. The van der Waals surface area contributed by atoms with Gasteiger partial charge >= 0.3 is 5.97 Å². The van der Waals surface area contributed by atoms with Gasteiger partial charge in [-0.3, -0.25) is 4.79 Å². The van der Waals surface area contributed by atoms with Crippen LogP contribution in [0.3, 0.4) is 0 Å². The van der Waals surface area contributed by atoms with E-state index in [4.69, 9.17) is 5.11 Å². The molecule has 2 N–H and O–H groups in total. The maximum Gasteiger partial charge on any atom is 0.310 e. The van der Waals surface area contributed by atoms with Gasteiger partial charge < -0.3 is 10.4 Å². The van der Waals surface area contributed by atoms with E-state index in [1.54, 1.807) is 20.8 Å². The van der Waals surface area contributed by atoms with Gasteiger partial charge in [-0.2, -0.15) is 0 Å². The number of anilines is 1. The molecule has 0 aliphatic carbocycles. The van der Waals surface area contributed by atoms with Gasteiger partial charge in [-0.15, -0.1) is 0 Å². The SMILES string of the molecule is CCc1ncnc(NCC(C)(C)C(=O)O)c1F. The number of hydrogen-bond acceptors (Lipinski definition) is 4. The van der Waals surface area contributed by atoms with Gasteiger partial charge in [0.1, 0.15) is 6.33 Å². The molecule has 1 aromatic heterocycles. The molecule has 0 aliphatic rings. The number of aliphatic carboxylic acids is 1. The van der Waals surface area contributed by atoms with Crippen LogP contribution in [0.5, 0.6) is 0 Å². The highest BCUT2D eigenvalue weighted by Crippen LogP contribution is 2.18. The molecule has 0 unspecified atom stereocenters. The second-order valence-corrected chi connectivity index (χ2v) is 4.38. The fourth-order valence-electron chi connectivity index (χ4n) is 1.16. The lowest BCUT2D eigenvalue weighted by molar-refractivity contribution is -0.146. The van der Waals surface area contributed by atoms with Crippen LogP contribution in [0.15, 0.2) is 6.33 Å². The number of carboxylic acids is 1. The number of nitrogens with zero attached hydrogens (tertiary/aromatic N) is 2. The fourth-order valence-corrected chi connectivity index (χ4v) is 1.16. The van der Waals surface area contributed by atoms with Gasteiger partial charge in [0.05, 0.1) is 11.1 Å². The minimum atomic E-state index is -0.982. The van der Waals surface area contributed by atoms with Crippen LogP contribution in [0, 0.1) is 11.2 Å². The summed E-state index contributed by atoms with van der Waals surface area (Å²) in [4.78, 5) is 18.4. The quantitative estimate of drug-likeness (QED) is 0.820. The summed E-state index contributed by atoms with van der Waals surface area (Å²) in [5.41, 5.74) is -0.667. The Kier molecular flexibility index (Phi) is 3.98. The third-order valence-electron chi connectivity index (χ3n) is 2.47. The molecule has 0 saturated heterocycles. The highest BCUT2D eigenvalue weighted by Gasteiger charge is 2.27. The summed E-state index contributed by atoms with van der Waals surface area (Å²) in [6, 6.07) is 0. The van der Waals surface area contributed by atoms with E-state index in [1.165, 1.54) is 6.33 Å². The van der Waals surface area contributed by atoms with E-state index >= 15 is 0 Å². The minimum absolute atomic E-state index is 0.0474. The van der Waals surface area contributed by atoms with Crippen molar-refractivity contribution in [3.05, 3.63) is 17.8 Å². The number of aryl methyl sites for hydroxylation is 1. The molecule has 0 bridgehead atoms. The Morgan fingerprint density at radius 3 is 2.71 bits per heavy atom. The maximum absolute atomic E-state index is 13.7. The van der Waals surface area contributed by atoms with E-state index in [9.17, 15) is 9.18 Å². The zero-order valence-corrected chi connectivity index (χ0v) is 10.1. The van der Waals surface area contributed by atoms with Gasteiger partial charge in [0.15, 0.2) is 11.6 Å². The number of rotatable bonds is 5. The lowest BCUT2D eigenvalue weighted by Crippen LogP contribution is -2.32. The van der Waals surface area contributed by atoms with E-state index in [0.717, 1.165) is 0 Å². The van der Waals surface area contributed by atoms with Crippen LogP contribution in [0.25, 0.3) is 0 Å². The monoisotopic (exact) mass is 241 g/mol. The second kappa shape index (κ2) is 5.07. The predicted molar refractivity (Wildman–Crippen MR) is 61.3 cm³/mol. The summed E-state index contributed by atoms with van der Waals surface area (Å²) in [6.07, 6.45) is 1.73. The Morgan fingerprint density at radius 2 is 2.18 bits per heavy atom. The highest BCUT2D eigenvalue weighted by molar-refractivity contribution is 5.74. The van der Waals surface area contributed by atoms with Crippen molar-refractivity contribution in [2.75, 3.05) is 11.9 Å². The highest BCUT2D eigenvalue weighted by atomic mass is 19.1. The van der Waals surface area contributed by atoms with Gasteiger partial charge in [0.2, 0.25) is 0 Å². The molecule has 0 saturated carbocycles. The van der Waals surface area contributed by atoms with Gasteiger partial charge in [-0.25, -0.2) is 14.4 Å². The molecule has 94 valence electrons. The van der Waals surface area contributed by atoms with Crippen molar-refractivity contribution in [2.24, 2.45) is 5.41 Å². The first-order chi connectivity index (χ1) is 7.88. The molecule has 17 heavy (non-hydrogen) atoms. The third kappa shape index (κ3) is 3.12. The van der Waals surface area contributed by atoms with Gasteiger partial charge in [-0.1, -0.05) is 6.92 Å². The molecule has 0 aromatic carbocycles. The Balaban J connectivity index is 2.80. The van der Waals surface area contributed by atoms with Crippen LogP contribution in [0.4, 0.5) is 10.2 Å². The molecule has 0 aliphatic heterocycles. The second-order valence-electron chi connectivity index (χ2n) is 4.38. The molecule has 0 spiro atoms. The normalized spacial score (nSPS) is 11.3. The molecule has 1 aromatic rings. The van der Waals surface area contributed by atoms with Crippen LogP contribution in [0.2, 0.25) is 0 Å². The van der Waals surface area contributed by atoms with E-state index < -0.39 is 17.2 Å². The Bertz CT molecular complexity index is 421. The first-order valence-corrected chi connectivity index (χ1v) is 5.35. The Labute approximate surface area is 99.1 Å². The number of hydrogen-bond donors (Lipinski definition) is 2. The standard InChI is InChI=1S/C11H16FN3O2/c1-4-7-8(12)9(15-6-14-7)13-5-11(2,3)10(16)17/h6H,4-5H2,1-3H3,(H,16,17)(H,13,14,15). The smallest absolute Gasteiger partial charge is 0.310 e. The summed E-state index contributed by atoms with van der Waals surface area (Å²) < 4.78 is 13.7. The Morgan fingerprint density at radius 1 is 1.53 bits per heavy atom. The molecule has 1 rings (SSSR count). The van der Waals surface area contributed by atoms with Crippen molar-refractivity contribution in [3.8, 4) is 0 Å². The molecule has 6 heteroatoms. The van der Waals surface area contributed by atoms with Crippen molar-refractivity contribution in [1.82, 2.24) is 9.97 Å². The number of halogens is 1. The molecule has 1 heterocycles. The van der Waals surface area contributed by atoms with Gasteiger partial charge in [0.25, 0.3) is 0 Å². The zero-order chi connectivity index (χ0) is 13.1. The summed E-state index contributed by atoms with van der Waals surface area (Å²) in [7, 11) is 0. The minimum Gasteiger partial charge on any atom is -0.481 e. The average Bonchev–Trinajstić information content (AvgIpc) is 2.27. The molecule has 0 atom stereocenters. The maximum atomic E-state index is 13.7. The molecular weight excluding hydrogens is 225 g/mol. The van der Waals surface area contributed by atoms with Crippen LogP contribution < -0.4 is 5.32 Å². The van der Waals surface area contributed by atoms with Crippen molar-refractivity contribution in [2.45, 2.75) is 27.2 Å². The predicted octanol–water partition coefficient (Wildman–Crippen LogP) is 1.70.